The van der Waals surface area contributed by atoms with Crippen LogP contribution in [-0.4, -0.2) is 33.9 Å². The number of halogens is 1. The van der Waals surface area contributed by atoms with E-state index >= 15 is 0 Å². The van der Waals surface area contributed by atoms with Gasteiger partial charge in [-0.2, -0.15) is 4.39 Å². The molecule has 0 amide bonds. The molecule has 0 aliphatic heterocycles. The lowest BCUT2D eigenvalue weighted by molar-refractivity contribution is -0.147. The van der Waals surface area contributed by atoms with Crippen molar-refractivity contribution in [2.75, 3.05) is 6.61 Å². The molecule has 0 aliphatic rings. The Morgan fingerprint density at radius 2 is 2.24 bits per heavy atom. The monoisotopic (exact) mass is 243 g/mol. The Hall–Kier alpha value is -1.53. The number of hydrogen-bond acceptors (Lipinski definition) is 5. The van der Waals surface area contributed by atoms with Crippen LogP contribution >= 0.6 is 0 Å². The molecule has 0 saturated heterocycles. The topological polar surface area (TPSA) is 79.7 Å². The van der Waals surface area contributed by atoms with Gasteiger partial charge in [0, 0.05) is 11.8 Å². The zero-order chi connectivity index (χ0) is 12.8. The first-order valence-electron chi connectivity index (χ1n) is 5.17. The molecule has 0 aromatic carbocycles. The number of carbonyl (C=O) groups excluding carboxylic acids is 1. The minimum absolute atomic E-state index is 0.208. The van der Waals surface area contributed by atoms with E-state index in [1.54, 1.807) is 6.92 Å². The van der Waals surface area contributed by atoms with E-state index in [1.807, 2.05) is 0 Å². The van der Waals surface area contributed by atoms with Crippen LogP contribution in [0, 0.1) is 5.95 Å². The largest absolute Gasteiger partial charge is 0.466 e. The summed E-state index contributed by atoms with van der Waals surface area (Å²) in [5.74, 6) is -1.28. The van der Waals surface area contributed by atoms with Gasteiger partial charge in [-0.1, -0.05) is 6.07 Å². The fourth-order valence-electron chi connectivity index (χ4n) is 1.29. The Balaban J connectivity index is 2.60. The van der Waals surface area contributed by atoms with E-state index < -0.39 is 24.1 Å². The third kappa shape index (κ3) is 4.08. The van der Waals surface area contributed by atoms with E-state index in [0.29, 0.717) is 0 Å². The summed E-state index contributed by atoms with van der Waals surface area (Å²) in [6, 6.07) is 2.36. The maximum absolute atomic E-state index is 12.5. The molecule has 1 heterocycles. The number of esters is 1. The van der Waals surface area contributed by atoms with Crippen molar-refractivity contribution in [3.63, 3.8) is 0 Å². The summed E-state index contributed by atoms with van der Waals surface area (Å²) in [5.41, 5.74) is 0.239. The first kappa shape index (κ1) is 13.5. The lowest BCUT2D eigenvalue weighted by Gasteiger charge is -2.16. The maximum Gasteiger partial charge on any atom is 0.308 e. The van der Waals surface area contributed by atoms with Gasteiger partial charge in [-0.3, -0.25) is 4.79 Å². The van der Waals surface area contributed by atoms with Gasteiger partial charge in [0.15, 0.2) is 0 Å². The fraction of sp³-hybridized carbons (Fsp3) is 0.455. The molecule has 1 aromatic heterocycles. The molecule has 1 rings (SSSR count). The van der Waals surface area contributed by atoms with E-state index in [9.17, 15) is 19.4 Å². The van der Waals surface area contributed by atoms with Gasteiger partial charge in [0.2, 0.25) is 5.95 Å². The zero-order valence-corrected chi connectivity index (χ0v) is 9.34. The van der Waals surface area contributed by atoms with E-state index in [-0.39, 0.29) is 18.6 Å². The SMILES string of the molecule is CCOC(=O)CC(O)C(O)c1ccc(F)nc1. The summed E-state index contributed by atoms with van der Waals surface area (Å²) < 4.78 is 17.2. The summed E-state index contributed by atoms with van der Waals surface area (Å²) >= 11 is 0. The molecule has 1 aromatic rings. The van der Waals surface area contributed by atoms with Gasteiger partial charge in [0.05, 0.1) is 19.1 Å². The summed E-state index contributed by atoms with van der Waals surface area (Å²) in [4.78, 5) is 14.4. The predicted molar refractivity (Wildman–Crippen MR) is 56.4 cm³/mol. The third-order valence-electron chi connectivity index (χ3n) is 2.14. The van der Waals surface area contributed by atoms with Gasteiger partial charge in [0.1, 0.15) is 6.10 Å². The zero-order valence-electron chi connectivity index (χ0n) is 9.34. The molecular formula is C11H14FNO4. The van der Waals surface area contributed by atoms with Crippen molar-refractivity contribution in [3.05, 3.63) is 29.8 Å². The van der Waals surface area contributed by atoms with E-state index in [4.69, 9.17) is 0 Å². The predicted octanol–water partition coefficient (Wildman–Crippen LogP) is 0.568. The Kier molecular flexibility index (Phi) is 4.99. The molecule has 94 valence electrons. The molecule has 0 fully saturated rings. The van der Waals surface area contributed by atoms with Crippen LogP contribution in [0.1, 0.15) is 25.0 Å². The number of aromatic nitrogens is 1. The van der Waals surface area contributed by atoms with Gasteiger partial charge in [0.25, 0.3) is 0 Å². The first-order chi connectivity index (χ1) is 8.04. The van der Waals surface area contributed by atoms with Gasteiger partial charge in [-0.25, -0.2) is 4.98 Å². The van der Waals surface area contributed by atoms with Crippen LogP contribution in [0.25, 0.3) is 0 Å². The highest BCUT2D eigenvalue weighted by atomic mass is 19.1. The lowest BCUT2D eigenvalue weighted by atomic mass is 10.0. The second-order valence-electron chi connectivity index (χ2n) is 3.44. The molecule has 0 bridgehead atoms. The third-order valence-corrected chi connectivity index (χ3v) is 2.14. The Morgan fingerprint density at radius 1 is 1.53 bits per heavy atom. The van der Waals surface area contributed by atoms with Crippen LogP contribution in [0.4, 0.5) is 4.39 Å². The average molecular weight is 243 g/mol. The molecule has 2 atom stereocenters. The van der Waals surface area contributed by atoms with Crippen molar-refractivity contribution in [2.24, 2.45) is 0 Å². The lowest BCUT2D eigenvalue weighted by Crippen LogP contribution is -2.23. The number of ether oxygens (including phenoxy) is 1. The molecule has 5 nitrogen and oxygen atoms in total. The molecule has 2 unspecified atom stereocenters. The van der Waals surface area contributed by atoms with Crippen molar-refractivity contribution in [1.29, 1.82) is 0 Å². The fourth-order valence-corrected chi connectivity index (χ4v) is 1.29. The number of hydrogen-bond donors (Lipinski definition) is 2. The molecule has 0 spiro atoms. The number of nitrogens with zero attached hydrogens (tertiary/aromatic N) is 1. The molecule has 2 N–H and O–H groups in total. The van der Waals surface area contributed by atoms with Crippen molar-refractivity contribution < 1.29 is 24.1 Å². The Morgan fingerprint density at radius 3 is 2.76 bits per heavy atom. The number of carbonyl (C=O) groups is 1. The van der Waals surface area contributed by atoms with Crippen molar-refractivity contribution in [3.8, 4) is 0 Å². The van der Waals surface area contributed by atoms with Gasteiger partial charge >= 0.3 is 5.97 Å². The van der Waals surface area contributed by atoms with E-state index in [2.05, 4.69) is 9.72 Å². The minimum Gasteiger partial charge on any atom is -0.466 e. The number of aliphatic hydroxyl groups excluding tert-OH is 2. The summed E-state index contributed by atoms with van der Waals surface area (Å²) in [6.07, 6.45) is -1.82. The Labute approximate surface area is 97.9 Å². The van der Waals surface area contributed by atoms with Gasteiger partial charge < -0.3 is 14.9 Å². The van der Waals surface area contributed by atoms with Crippen LogP contribution in [0.2, 0.25) is 0 Å². The molecular weight excluding hydrogens is 229 g/mol. The van der Waals surface area contributed by atoms with Crippen LogP contribution < -0.4 is 0 Å². The smallest absolute Gasteiger partial charge is 0.308 e. The molecule has 0 aliphatic carbocycles. The molecule has 0 radical (unpaired) electrons. The highest BCUT2D eigenvalue weighted by molar-refractivity contribution is 5.70. The summed E-state index contributed by atoms with van der Waals surface area (Å²) in [5, 5.41) is 19.2. The second-order valence-corrected chi connectivity index (χ2v) is 3.44. The number of rotatable bonds is 5. The average Bonchev–Trinajstić information content (AvgIpc) is 2.29. The van der Waals surface area contributed by atoms with E-state index in [1.165, 1.54) is 6.07 Å². The van der Waals surface area contributed by atoms with Crippen LogP contribution in [0.3, 0.4) is 0 Å². The van der Waals surface area contributed by atoms with Crippen molar-refractivity contribution >= 4 is 5.97 Å². The molecule has 0 saturated carbocycles. The molecule has 17 heavy (non-hydrogen) atoms. The van der Waals surface area contributed by atoms with E-state index in [0.717, 1.165) is 12.3 Å². The van der Waals surface area contributed by atoms with Crippen molar-refractivity contribution in [1.82, 2.24) is 4.98 Å². The van der Waals surface area contributed by atoms with Crippen molar-refractivity contribution in [2.45, 2.75) is 25.6 Å². The highest BCUT2D eigenvalue weighted by Crippen LogP contribution is 2.18. The van der Waals surface area contributed by atoms with Crippen LogP contribution in [0.15, 0.2) is 18.3 Å². The normalized spacial score (nSPS) is 14.1. The van der Waals surface area contributed by atoms with Gasteiger partial charge in [-0.15, -0.1) is 0 Å². The first-order valence-corrected chi connectivity index (χ1v) is 5.17. The second kappa shape index (κ2) is 6.27. The molecule has 6 heteroatoms. The standard InChI is InChI=1S/C11H14FNO4/c1-2-17-10(15)5-8(14)11(16)7-3-4-9(12)13-6-7/h3-4,6,8,11,14,16H,2,5H2,1H3. The maximum atomic E-state index is 12.5. The highest BCUT2D eigenvalue weighted by Gasteiger charge is 2.22. The minimum atomic E-state index is -1.30. The van der Waals surface area contributed by atoms with Crippen LogP contribution in [0.5, 0.6) is 0 Å². The Bertz CT molecular complexity index is 368. The quantitative estimate of drug-likeness (QED) is 0.583. The summed E-state index contributed by atoms with van der Waals surface area (Å²) in [6.45, 7) is 1.85. The summed E-state index contributed by atoms with van der Waals surface area (Å²) in [7, 11) is 0. The van der Waals surface area contributed by atoms with Crippen LogP contribution in [-0.2, 0) is 9.53 Å². The van der Waals surface area contributed by atoms with Gasteiger partial charge in [-0.05, 0) is 13.0 Å². The number of pyridine rings is 1. The number of aliphatic hydroxyl groups is 2.